The molecular weight excluding hydrogens is 250 g/mol. The number of benzene rings is 1. The highest BCUT2D eigenvalue weighted by atomic mass is 32.2. The summed E-state index contributed by atoms with van der Waals surface area (Å²) in [5, 5.41) is 11.7. The van der Waals surface area contributed by atoms with Gasteiger partial charge < -0.3 is 10.4 Å². The smallest absolute Gasteiger partial charge is 0.309 e. The van der Waals surface area contributed by atoms with E-state index in [4.69, 9.17) is 5.11 Å². The summed E-state index contributed by atoms with van der Waals surface area (Å²) in [6.45, 7) is 3.07. The quantitative estimate of drug-likeness (QED) is 0.805. The first-order valence-electron chi connectivity index (χ1n) is 5.53. The summed E-state index contributed by atoms with van der Waals surface area (Å²) in [6, 6.07) is 7.43. The van der Waals surface area contributed by atoms with Crippen molar-refractivity contribution in [3.05, 3.63) is 24.3 Å². The van der Waals surface area contributed by atoms with Crippen molar-refractivity contribution in [1.82, 2.24) is 0 Å². The highest BCUT2D eigenvalue weighted by Crippen LogP contribution is 2.26. The van der Waals surface area contributed by atoms with Crippen molar-refractivity contribution in [3.8, 4) is 0 Å². The predicted molar refractivity (Wildman–Crippen MR) is 72.9 cm³/mol. The third kappa shape index (κ3) is 3.77. The molecule has 0 radical (unpaired) electrons. The molecule has 0 unspecified atom stereocenters. The van der Waals surface area contributed by atoms with Gasteiger partial charge in [-0.25, -0.2) is 0 Å². The molecule has 1 amide bonds. The molecule has 5 heteroatoms. The summed E-state index contributed by atoms with van der Waals surface area (Å²) in [6.07, 6.45) is 1.87. The van der Waals surface area contributed by atoms with Crippen LogP contribution in [0, 0.1) is 5.41 Å². The first kappa shape index (κ1) is 14.6. The maximum absolute atomic E-state index is 11.8. The molecule has 0 bridgehead atoms. The van der Waals surface area contributed by atoms with Gasteiger partial charge in [-0.3, -0.25) is 9.59 Å². The number of carboxylic acid groups (broad SMARTS) is 1. The minimum absolute atomic E-state index is 0.0505. The zero-order valence-electron chi connectivity index (χ0n) is 10.7. The average Bonchev–Trinajstić information content (AvgIpc) is 2.28. The molecule has 0 saturated heterocycles. The molecule has 0 aliphatic carbocycles. The molecule has 0 heterocycles. The lowest BCUT2D eigenvalue weighted by Gasteiger charge is -2.18. The molecule has 0 fully saturated rings. The van der Waals surface area contributed by atoms with Crippen LogP contribution in [0.3, 0.4) is 0 Å². The molecule has 0 aliphatic rings. The first-order valence-corrected chi connectivity index (χ1v) is 6.75. The lowest BCUT2D eigenvalue weighted by molar-refractivity contribution is -0.148. The van der Waals surface area contributed by atoms with E-state index in [0.717, 1.165) is 10.6 Å². The van der Waals surface area contributed by atoms with E-state index in [1.807, 2.05) is 24.5 Å². The number of carboxylic acids is 1. The Morgan fingerprint density at radius 2 is 1.94 bits per heavy atom. The summed E-state index contributed by atoms with van der Waals surface area (Å²) in [5.41, 5.74) is -0.338. The monoisotopic (exact) mass is 267 g/mol. The molecule has 1 rings (SSSR count). The fourth-order valence-corrected chi connectivity index (χ4v) is 1.97. The Labute approximate surface area is 111 Å². The Kier molecular flexibility index (Phi) is 4.78. The van der Waals surface area contributed by atoms with E-state index in [9.17, 15) is 9.59 Å². The van der Waals surface area contributed by atoms with Crippen molar-refractivity contribution in [2.24, 2.45) is 5.41 Å². The standard InChI is InChI=1S/C13H17NO3S/c1-13(2,12(16)17)8-11(15)14-9-6-4-5-7-10(9)18-3/h4-7H,8H2,1-3H3,(H,14,15)(H,16,17). The number of para-hydroxylation sites is 1. The van der Waals surface area contributed by atoms with Crippen LogP contribution < -0.4 is 5.32 Å². The number of carbonyl (C=O) groups excluding carboxylic acids is 1. The fraction of sp³-hybridized carbons (Fsp3) is 0.385. The summed E-state index contributed by atoms with van der Waals surface area (Å²) in [5.74, 6) is -1.26. The van der Waals surface area contributed by atoms with E-state index in [0.29, 0.717) is 0 Å². The van der Waals surface area contributed by atoms with Gasteiger partial charge in [0.25, 0.3) is 0 Å². The Bertz CT molecular complexity index is 457. The van der Waals surface area contributed by atoms with Crippen LogP contribution in [0.2, 0.25) is 0 Å². The Balaban J connectivity index is 2.74. The molecule has 98 valence electrons. The van der Waals surface area contributed by atoms with Gasteiger partial charge in [-0.15, -0.1) is 11.8 Å². The van der Waals surface area contributed by atoms with Crippen molar-refractivity contribution >= 4 is 29.3 Å². The van der Waals surface area contributed by atoms with Gasteiger partial charge in [0, 0.05) is 11.3 Å². The molecule has 1 aromatic rings. The van der Waals surface area contributed by atoms with Crippen LogP contribution in [0.25, 0.3) is 0 Å². The van der Waals surface area contributed by atoms with E-state index in [2.05, 4.69) is 5.32 Å². The number of amides is 1. The fourth-order valence-electron chi connectivity index (χ4n) is 1.42. The maximum Gasteiger partial charge on any atom is 0.309 e. The van der Waals surface area contributed by atoms with Gasteiger partial charge in [0.1, 0.15) is 0 Å². The second-order valence-corrected chi connectivity index (χ2v) is 5.46. The zero-order chi connectivity index (χ0) is 13.8. The minimum Gasteiger partial charge on any atom is -0.481 e. The molecule has 0 saturated carbocycles. The molecule has 0 aliphatic heterocycles. The molecule has 1 aromatic carbocycles. The lowest BCUT2D eigenvalue weighted by Crippen LogP contribution is -2.29. The number of hydrogen-bond donors (Lipinski definition) is 2. The van der Waals surface area contributed by atoms with E-state index >= 15 is 0 Å². The van der Waals surface area contributed by atoms with E-state index in [1.165, 1.54) is 25.6 Å². The third-order valence-electron chi connectivity index (χ3n) is 2.56. The Morgan fingerprint density at radius 1 is 1.33 bits per heavy atom. The predicted octanol–water partition coefficient (Wildman–Crippen LogP) is 2.85. The molecule has 0 aromatic heterocycles. The number of nitrogens with one attached hydrogen (secondary N) is 1. The molecule has 18 heavy (non-hydrogen) atoms. The van der Waals surface area contributed by atoms with Gasteiger partial charge in [0.2, 0.25) is 5.91 Å². The van der Waals surface area contributed by atoms with Crippen molar-refractivity contribution in [2.75, 3.05) is 11.6 Å². The van der Waals surface area contributed by atoms with Gasteiger partial charge in [-0.1, -0.05) is 12.1 Å². The molecule has 0 spiro atoms. The van der Waals surface area contributed by atoms with Crippen molar-refractivity contribution in [3.63, 3.8) is 0 Å². The van der Waals surface area contributed by atoms with Gasteiger partial charge in [0.15, 0.2) is 0 Å². The van der Waals surface area contributed by atoms with Crippen molar-refractivity contribution in [2.45, 2.75) is 25.2 Å². The second-order valence-electron chi connectivity index (χ2n) is 4.61. The van der Waals surface area contributed by atoms with Gasteiger partial charge >= 0.3 is 5.97 Å². The highest BCUT2D eigenvalue weighted by Gasteiger charge is 2.30. The van der Waals surface area contributed by atoms with Gasteiger partial charge in [0.05, 0.1) is 11.1 Å². The maximum atomic E-state index is 11.8. The SMILES string of the molecule is CSc1ccccc1NC(=O)CC(C)(C)C(=O)O. The summed E-state index contributed by atoms with van der Waals surface area (Å²) >= 11 is 1.53. The van der Waals surface area contributed by atoms with E-state index in [-0.39, 0.29) is 12.3 Å². The summed E-state index contributed by atoms with van der Waals surface area (Å²) in [7, 11) is 0. The number of carbonyl (C=O) groups is 2. The summed E-state index contributed by atoms with van der Waals surface area (Å²) in [4.78, 5) is 23.7. The summed E-state index contributed by atoms with van der Waals surface area (Å²) < 4.78 is 0. The van der Waals surface area contributed by atoms with Crippen molar-refractivity contribution < 1.29 is 14.7 Å². The molecule has 0 atom stereocenters. The van der Waals surface area contributed by atoms with Crippen LogP contribution in [-0.4, -0.2) is 23.2 Å². The number of rotatable bonds is 5. The van der Waals surface area contributed by atoms with Crippen molar-refractivity contribution in [1.29, 1.82) is 0 Å². The normalized spacial score (nSPS) is 11.1. The minimum atomic E-state index is -1.06. The van der Waals surface area contributed by atoms with Crippen LogP contribution in [0.15, 0.2) is 29.2 Å². The highest BCUT2D eigenvalue weighted by molar-refractivity contribution is 7.98. The van der Waals surface area contributed by atoms with E-state index in [1.54, 1.807) is 6.07 Å². The van der Waals surface area contributed by atoms with Crippen LogP contribution >= 0.6 is 11.8 Å². The van der Waals surface area contributed by atoms with Gasteiger partial charge in [-0.05, 0) is 32.2 Å². The first-order chi connectivity index (χ1) is 8.36. The Hall–Kier alpha value is -1.49. The van der Waals surface area contributed by atoms with Crippen LogP contribution in [0.5, 0.6) is 0 Å². The zero-order valence-corrected chi connectivity index (χ0v) is 11.5. The largest absolute Gasteiger partial charge is 0.481 e. The Morgan fingerprint density at radius 3 is 2.50 bits per heavy atom. The third-order valence-corrected chi connectivity index (χ3v) is 3.36. The van der Waals surface area contributed by atoms with Crippen LogP contribution in [-0.2, 0) is 9.59 Å². The molecule has 2 N–H and O–H groups in total. The molecule has 4 nitrogen and oxygen atoms in total. The topological polar surface area (TPSA) is 66.4 Å². The average molecular weight is 267 g/mol. The number of anilines is 1. The number of hydrogen-bond acceptors (Lipinski definition) is 3. The number of aliphatic carboxylic acids is 1. The van der Waals surface area contributed by atoms with Crippen LogP contribution in [0.1, 0.15) is 20.3 Å². The number of thioether (sulfide) groups is 1. The van der Waals surface area contributed by atoms with Gasteiger partial charge in [-0.2, -0.15) is 0 Å². The second kappa shape index (κ2) is 5.91. The lowest BCUT2D eigenvalue weighted by atomic mass is 9.89. The van der Waals surface area contributed by atoms with E-state index < -0.39 is 11.4 Å². The molecular formula is C13H17NO3S. The van der Waals surface area contributed by atoms with Crippen LogP contribution in [0.4, 0.5) is 5.69 Å².